The second kappa shape index (κ2) is 4.42. The van der Waals surface area contributed by atoms with Crippen molar-refractivity contribution in [1.82, 2.24) is 4.98 Å². The summed E-state index contributed by atoms with van der Waals surface area (Å²) < 4.78 is 0. The molecule has 1 atom stereocenters. The van der Waals surface area contributed by atoms with E-state index < -0.39 is 0 Å². The van der Waals surface area contributed by atoms with E-state index in [2.05, 4.69) is 9.88 Å². The van der Waals surface area contributed by atoms with Gasteiger partial charge < -0.3 is 10.0 Å². The summed E-state index contributed by atoms with van der Waals surface area (Å²) in [6.45, 7) is 2.38. The van der Waals surface area contributed by atoms with Gasteiger partial charge in [0.1, 0.15) is 0 Å². The van der Waals surface area contributed by atoms with Crippen molar-refractivity contribution in [3.05, 3.63) is 24.5 Å². The van der Waals surface area contributed by atoms with Gasteiger partial charge >= 0.3 is 0 Å². The molecule has 14 heavy (non-hydrogen) atoms. The molecule has 1 aromatic rings. The van der Waals surface area contributed by atoms with Crippen LogP contribution in [0.3, 0.4) is 0 Å². The van der Waals surface area contributed by atoms with Crippen LogP contribution in [0.15, 0.2) is 24.5 Å². The predicted octanol–water partition coefficient (Wildman–Crippen LogP) is 1.29. The summed E-state index contributed by atoms with van der Waals surface area (Å²) in [6.07, 6.45) is 5.96. The Kier molecular flexibility index (Phi) is 2.99. The predicted molar refractivity (Wildman–Crippen MR) is 56.3 cm³/mol. The molecule has 0 saturated carbocycles. The van der Waals surface area contributed by atoms with Crippen LogP contribution in [0.1, 0.15) is 12.8 Å². The van der Waals surface area contributed by atoms with E-state index in [-0.39, 0.29) is 0 Å². The van der Waals surface area contributed by atoms with Crippen LogP contribution in [0, 0.1) is 5.92 Å². The van der Waals surface area contributed by atoms with Gasteiger partial charge in [-0.2, -0.15) is 0 Å². The zero-order valence-electron chi connectivity index (χ0n) is 8.26. The summed E-state index contributed by atoms with van der Waals surface area (Å²) in [5.41, 5.74) is 1.22. The van der Waals surface area contributed by atoms with E-state index in [4.69, 9.17) is 5.11 Å². The lowest BCUT2D eigenvalue weighted by Gasteiger charge is -2.33. The standard InChI is InChI=1S/C11H16N2O/c14-9-10-2-1-7-13(8-10)11-3-5-12-6-4-11/h3-6,10,14H,1-2,7-9H2. The highest BCUT2D eigenvalue weighted by Crippen LogP contribution is 2.21. The van der Waals surface area contributed by atoms with Gasteiger partial charge in [0.25, 0.3) is 0 Å². The molecule has 1 saturated heterocycles. The Morgan fingerprint density at radius 3 is 2.93 bits per heavy atom. The monoisotopic (exact) mass is 192 g/mol. The number of aliphatic hydroxyl groups is 1. The molecule has 3 heteroatoms. The Labute approximate surface area is 84.4 Å². The number of pyridine rings is 1. The first-order chi connectivity index (χ1) is 6.90. The fourth-order valence-electron chi connectivity index (χ4n) is 2.00. The largest absolute Gasteiger partial charge is 0.396 e. The van der Waals surface area contributed by atoms with Crippen molar-refractivity contribution in [2.45, 2.75) is 12.8 Å². The first kappa shape index (κ1) is 9.46. The molecule has 1 fully saturated rings. The molecule has 0 aliphatic carbocycles. The van der Waals surface area contributed by atoms with Crippen LogP contribution in [0.4, 0.5) is 5.69 Å². The molecule has 0 radical (unpaired) electrons. The van der Waals surface area contributed by atoms with E-state index in [1.807, 2.05) is 24.5 Å². The molecule has 0 aromatic carbocycles. The maximum atomic E-state index is 9.12. The lowest BCUT2D eigenvalue weighted by Crippen LogP contribution is -2.36. The van der Waals surface area contributed by atoms with Crippen LogP contribution in [0.25, 0.3) is 0 Å². The normalized spacial score (nSPS) is 22.4. The smallest absolute Gasteiger partial charge is 0.0476 e. The molecule has 0 spiro atoms. The van der Waals surface area contributed by atoms with E-state index in [0.29, 0.717) is 12.5 Å². The van der Waals surface area contributed by atoms with Crippen LogP contribution in [0.2, 0.25) is 0 Å². The second-order valence-corrected chi connectivity index (χ2v) is 3.84. The molecule has 1 N–H and O–H groups in total. The van der Waals surface area contributed by atoms with Crippen LogP contribution in [0.5, 0.6) is 0 Å². The molecule has 3 nitrogen and oxygen atoms in total. The molecule has 1 aliphatic heterocycles. The number of nitrogens with zero attached hydrogens (tertiary/aromatic N) is 2. The van der Waals surface area contributed by atoms with Crippen molar-refractivity contribution >= 4 is 5.69 Å². The molecule has 2 heterocycles. The van der Waals surface area contributed by atoms with Gasteiger partial charge in [-0.25, -0.2) is 0 Å². The molecule has 76 valence electrons. The average Bonchev–Trinajstić information content (AvgIpc) is 2.30. The van der Waals surface area contributed by atoms with E-state index in [0.717, 1.165) is 19.5 Å². The molecular weight excluding hydrogens is 176 g/mol. The first-order valence-corrected chi connectivity index (χ1v) is 5.16. The Morgan fingerprint density at radius 1 is 1.43 bits per heavy atom. The molecular formula is C11H16N2O. The van der Waals surface area contributed by atoms with Crippen molar-refractivity contribution in [3.63, 3.8) is 0 Å². The van der Waals surface area contributed by atoms with Crippen molar-refractivity contribution in [2.24, 2.45) is 5.92 Å². The summed E-state index contributed by atoms with van der Waals surface area (Å²) in [5.74, 6) is 0.442. The average molecular weight is 192 g/mol. The molecule has 2 rings (SSSR count). The quantitative estimate of drug-likeness (QED) is 0.767. The maximum Gasteiger partial charge on any atom is 0.0476 e. The fraction of sp³-hybridized carbons (Fsp3) is 0.545. The van der Waals surface area contributed by atoms with Crippen molar-refractivity contribution in [3.8, 4) is 0 Å². The minimum absolute atomic E-state index is 0.307. The molecule has 1 aliphatic rings. The van der Waals surface area contributed by atoms with Gasteiger partial charge in [-0.3, -0.25) is 4.98 Å². The van der Waals surface area contributed by atoms with Gasteiger partial charge in [-0.05, 0) is 30.9 Å². The van der Waals surface area contributed by atoms with E-state index >= 15 is 0 Å². The minimum atomic E-state index is 0.307. The highest BCUT2D eigenvalue weighted by atomic mass is 16.3. The van der Waals surface area contributed by atoms with Crippen LogP contribution < -0.4 is 4.90 Å². The molecule has 1 aromatic heterocycles. The van der Waals surface area contributed by atoms with Gasteiger partial charge in [-0.1, -0.05) is 0 Å². The summed E-state index contributed by atoms with van der Waals surface area (Å²) in [4.78, 5) is 6.33. The molecule has 0 bridgehead atoms. The van der Waals surface area contributed by atoms with Crippen molar-refractivity contribution < 1.29 is 5.11 Å². The Hall–Kier alpha value is -1.09. The number of aliphatic hydroxyl groups excluding tert-OH is 1. The number of piperidine rings is 1. The van der Waals surface area contributed by atoms with Gasteiger partial charge in [0, 0.05) is 37.8 Å². The van der Waals surface area contributed by atoms with Crippen LogP contribution >= 0.6 is 0 Å². The summed E-state index contributed by atoms with van der Waals surface area (Å²) in [6, 6.07) is 4.06. The Morgan fingerprint density at radius 2 is 2.21 bits per heavy atom. The number of rotatable bonds is 2. The number of anilines is 1. The number of hydrogen-bond acceptors (Lipinski definition) is 3. The second-order valence-electron chi connectivity index (χ2n) is 3.84. The van der Waals surface area contributed by atoms with Gasteiger partial charge in [0.2, 0.25) is 0 Å². The Balaban J connectivity index is 2.04. The molecule has 1 unspecified atom stereocenters. The summed E-state index contributed by atoms with van der Waals surface area (Å²) in [5, 5.41) is 9.12. The maximum absolute atomic E-state index is 9.12. The van der Waals surface area contributed by atoms with Crippen molar-refractivity contribution in [2.75, 3.05) is 24.6 Å². The Bertz CT molecular complexity index is 276. The van der Waals surface area contributed by atoms with E-state index in [1.165, 1.54) is 12.1 Å². The fourth-order valence-corrected chi connectivity index (χ4v) is 2.00. The first-order valence-electron chi connectivity index (χ1n) is 5.16. The number of hydrogen-bond donors (Lipinski definition) is 1. The van der Waals surface area contributed by atoms with Gasteiger partial charge in [-0.15, -0.1) is 0 Å². The highest BCUT2D eigenvalue weighted by Gasteiger charge is 2.18. The van der Waals surface area contributed by atoms with Gasteiger partial charge in [0.05, 0.1) is 0 Å². The zero-order chi connectivity index (χ0) is 9.80. The van der Waals surface area contributed by atoms with Crippen molar-refractivity contribution in [1.29, 1.82) is 0 Å². The van der Waals surface area contributed by atoms with E-state index in [1.54, 1.807) is 0 Å². The topological polar surface area (TPSA) is 36.4 Å². The van der Waals surface area contributed by atoms with Gasteiger partial charge in [0.15, 0.2) is 0 Å². The summed E-state index contributed by atoms with van der Waals surface area (Å²) in [7, 11) is 0. The van der Waals surface area contributed by atoms with Crippen LogP contribution in [-0.2, 0) is 0 Å². The SMILES string of the molecule is OCC1CCCN(c2ccncc2)C1. The third-order valence-corrected chi connectivity index (χ3v) is 2.81. The highest BCUT2D eigenvalue weighted by molar-refractivity contribution is 5.44. The lowest BCUT2D eigenvalue weighted by molar-refractivity contribution is 0.208. The lowest BCUT2D eigenvalue weighted by atomic mass is 9.99. The number of aromatic nitrogens is 1. The van der Waals surface area contributed by atoms with E-state index in [9.17, 15) is 0 Å². The minimum Gasteiger partial charge on any atom is -0.396 e. The zero-order valence-corrected chi connectivity index (χ0v) is 8.26. The van der Waals surface area contributed by atoms with Crippen LogP contribution in [-0.4, -0.2) is 29.8 Å². The third kappa shape index (κ3) is 2.04. The summed E-state index contributed by atoms with van der Waals surface area (Å²) >= 11 is 0. The molecule has 0 amide bonds. The third-order valence-electron chi connectivity index (χ3n) is 2.81.